The number of nitrogens with one attached hydrogen (secondary N) is 1. The minimum Gasteiger partial charge on any atom is -0.375 e. The lowest BCUT2D eigenvalue weighted by molar-refractivity contribution is -0.0346. The molecule has 0 aromatic carbocycles. The molecule has 0 aliphatic carbocycles. The molecule has 2 heterocycles. The van der Waals surface area contributed by atoms with Gasteiger partial charge in [-0.05, 0) is 12.3 Å². The summed E-state index contributed by atoms with van der Waals surface area (Å²) in [7, 11) is -2.84. The molecule has 0 amide bonds. The second-order valence-electron chi connectivity index (χ2n) is 4.90. The van der Waals surface area contributed by atoms with E-state index in [1.807, 2.05) is 0 Å². The minimum absolute atomic E-state index is 0.00454. The number of hydrogen-bond donors (Lipinski definition) is 1. The first-order valence-corrected chi connectivity index (χ1v) is 7.38. The lowest BCUT2D eigenvalue weighted by atomic mass is 9.99. The summed E-state index contributed by atoms with van der Waals surface area (Å²) in [5, 5.41) is 3.41. The Morgan fingerprint density at radius 2 is 2.13 bits per heavy atom. The summed E-state index contributed by atoms with van der Waals surface area (Å²) in [5.41, 5.74) is 0. The maximum Gasteiger partial charge on any atom is 0.152 e. The molecule has 5 heteroatoms. The smallest absolute Gasteiger partial charge is 0.152 e. The van der Waals surface area contributed by atoms with E-state index in [-0.39, 0.29) is 23.7 Å². The number of ether oxygens (including phenoxy) is 1. The van der Waals surface area contributed by atoms with E-state index in [0.717, 1.165) is 0 Å². The van der Waals surface area contributed by atoms with Crippen LogP contribution >= 0.6 is 0 Å². The fourth-order valence-corrected chi connectivity index (χ4v) is 3.87. The molecule has 0 spiro atoms. The van der Waals surface area contributed by atoms with Crippen molar-refractivity contribution in [2.45, 2.75) is 38.5 Å². The van der Waals surface area contributed by atoms with Crippen LogP contribution in [0.15, 0.2) is 0 Å². The van der Waals surface area contributed by atoms with Crippen molar-refractivity contribution in [1.82, 2.24) is 5.32 Å². The van der Waals surface area contributed by atoms with Gasteiger partial charge in [-0.1, -0.05) is 13.8 Å². The predicted octanol–water partition coefficient (Wildman–Crippen LogP) is 0.187. The second-order valence-corrected chi connectivity index (χ2v) is 7.13. The number of rotatable bonds is 1. The van der Waals surface area contributed by atoms with Crippen molar-refractivity contribution in [1.29, 1.82) is 0 Å². The number of hydrogen-bond acceptors (Lipinski definition) is 4. The molecule has 2 fully saturated rings. The van der Waals surface area contributed by atoms with Crippen LogP contribution in [0.3, 0.4) is 0 Å². The van der Waals surface area contributed by atoms with E-state index in [9.17, 15) is 8.42 Å². The van der Waals surface area contributed by atoms with Crippen LogP contribution in [0, 0.1) is 5.92 Å². The second kappa shape index (κ2) is 4.03. The summed E-state index contributed by atoms with van der Waals surface area (Å²) >= 11 is 0. The fraction of sp³-hybridized carbons (Fsp3) is 1.00. The van der Waals surface area contributed by atoms with E-state index in [2.05, 4.69) is 19.2 Å². The Bertz CT molecular complexity index is 326. The van der Waals surface area contributed by atoms with E-state index in [4.69, 9.17) is 4.74 Å². The Balaban J connectivity index is 2.04. The molecule has 15 heavy (non-hydrogen) atoms. The van der Waals surface area contributed by atoms with Crippen LogP contribution in [-0.4, -0.2) is 44.7 Å². The quantitative estimate of drug-likeness (QED) is 0.702. The molecule has 2 saturated heterocycles. The largest absolute Gasteiger partial charge is 0.375 e. The van der Waals surface area contributed by atoms with Gasteiger partial charge in [-0.2, -0.15) is 0 Å². The molecule has 2 aliphatic rings. The zero-order chi connectivity index (χ0) is 11.1. The molecule has 2 aliphatic heterocycles. The highest BCUT2D eigenvalue weighted by Crippen LogP contribution is 2.22. The van der Waals surface area contributed by atoms with Gasteiger partial charge in [0.25, 0.3) is 0 Å². The molecule has 88 valence electrons. The average Bonchev–Trinajstić information content (AvgIpc) is 2.15. The summed E-state index contributed by atoms with van der Waals surface area (Å²) < 4.78 is 28.7. The van der Waals surface area contributed by atoms with Crippen LogP contribution < -0.4 is 5.32 Å². The van der Waals surface area contributed by atoms with Crippen molar-refractivity contribution in [2.75, 3.05) is 18.1 Å². The van der Waals surface area contributed by atoms with Crippen molar-refractivity contribution in [2.24, 2.45) is 5.92 Å². The highest BCUT2D eigenvalue weighted by atomic mass is 32.2. The normalized spacial score (nSPS) is 40.1. The highest BCUT2D eigenvalue weighted by Gasteiger charge is 2.38. The highest BCUT2D eigenvalue weighted by molar-refractivity contribution is 7.91. The summed E-state index contributed by atoms with van der Waals surface area (Å²) in [6.07, 6.45) is 0.744. The van der Waals surface area contributed by atoms with Crippen molar-refractivity contribution >= 4 is 9.84 Å². The maximum absolute atomic E-state index is 11.5. The molecule has 0 aromatic rings. The third kappa shape index (κ3) is 2.52. The minimum atomic E-state index is -2.84. The van der Waals surface area contributed by atoms with Crippen molar-refractivity contribution in [3.63, 3.8) is 0 Å². The first kappa shape index (κ1) is 11.4. The van der Waals surface area contributed by atoms with Crippen LogP contribution in [0.5, 0.6) is 0 Å². The van der Waals surface area contributed by atoms with Gasteiger partial charge in [0, 0.05) is 12.1 Å². The Morgan fingerprint density at radius 3 is 2.80 bits per heavy atom. The predicted molar refractivity (Wildman–Crippen MR) is 58.6 cm³/mol. The third-order valence-corrected chi connectivity index (χ3v) is 5.04. The topological polar surface area (TPSA) is 55.4 Å². The van der Waals surface area contributed by atoms with Crippen molar-refractivity contribution in [3.05, 3.63) is 0 Å². The van der Waals surface area contributed by atoms with Crippen LogP contribution in [0.4, 0.5) is 0 Å². The van der Waals surface area contributed by atoms with Crippen LogP contribution in [0.2, 0.25) is 0 Å². The molecular weight excluding hydrogens is 214 g/mol. The van der Waals surface area contributed by atoms with Crippen LogP contribution in [0.1, 0.15) is 20.3 Å². The number of morpholine rings is 1. The molecule has 1 N–H and O–H groups in total. The average molecular weight is 233 g/mol. The van der Waals surface area contributed by atoms with E-state index in [1.54, 1.807) is 0 Å². The fourth-order valence-electron chi connectivity index (χ4n) is 2.25. The van der Waals surface area contributed by atoms with E-state index in [1.165, 1.54) is 0 Å². The molecular formula is C10H19NO3S. The van der Waals surface area contributed by atoms with Crippen molar-refractivity contribution in [3.8, 4) is 0 Å². The molecule has 0 radical (unpaired) electrons. The SMILES string of the molecule is CC(C)C1COC2CCS(=O)(=O)CC2N1. The van der Waals surface area contributed by atoms with E-state index >= 15 is 0 Å². The monoisotopic (exact) mass is 233 g/mol. The van der Waals surface area contributed by atoms with E-state index in [0.29, 0.717) is 25.0 Å². The summed E-state index contributed by atoms with van der Waals surface area (Å²) in [5.74, 6) is 0.999. The summed E-state index contributed by atoms with van der Waals surface area (Å²) in [6.45, 7) is 4.95. The Kier molecular flexibility index (Phi) is 3.05. The van der Waals surface area contributed by atoms with Gasteiger partial charge in [-0.15, -0.1) is 0 Å². The van der Waals surface area contributed by atoms with Crippen LogP contribution in [0.25, 0.3) is 0 Å². The van der Waals surface area contributed by atoms with Gasteiger partial charge in [0.2, 0.25) is 0 Å². The zero-order valence-electron chi connectivity index (χ0n) is 9.27. The van der Waals surface area contributed by atoms with Crippen molar-refractivity contribution < 1.29 is 13.2 Å². The lowest BCUT2D eigenvalue weighted by Gasteiger charge is -2.41. The first-order valence-electron chi connectivity index (χ1n) is 5.56. The summed E-state index contributed by atoms with van der Waals surface area (Å²) in [6, 6.07) is 0.296. The standard InChI is InChI=1S/C10H19NO3S/c1-7(2)8-5-14-10-3-4-15(12,13)6-9(10)11-8/h7-11H,3-6H2,1-2H3. The molecule has 4 nitrogen and oxygen atoms in total. The molecule has 0 aromatic heterocycles. The molecule has 0 saturated carbocycles. The number of sulfone groups is 1. The Morgan fingerprint density at radius 1 is 1.40 bits per heavy atom. The first-order chi connectivity index (χ1) is 6.98. The molecule has 2 rings (SSSR count). The summed E-state index contributed by atoms with van der Waals surface area (Å²) in [4.78, 5) is 0. The van der Waals surface area contributed by atoms with Gasteiger partial charge in [-0.25, -0.2) is 8.42 Å². The van der Waals surface area contributed by atoms with Gasteiger partial charge >= 0.3 is 0 Å². The maximum atomic E-state index is 11.5. The van der Waals surface area contributed by atoms with Gasteiger partial charge in [-0.3, -0.25) is 0 Å². The number of fused-ring (bicyclic) bond motifs is 1. The van der Waals surface area contributed by atoms with Crippen LogP contribution in [-0.2, 0) is 14.6 Å². The zero-order valence-corrected chi connectivity index (χ0v) is 10.1. The lowest BCUT2D eigenvalue weighted by Crippen LogP contribution is -2.60. The Labute approximate surface area is 91.3 Å². The third-order valence-electron chi connectivity index (χ3n) is 3.32. The van der Waals surface area contributed by atoms with Gasteiger partial charge < -0.3 is 10.1 Å². The van der Waals surface area contributed by atoms with Gasteiger partial charge in [0.15, 0.2) is 9.84 Å². The molecule has 3 atom stereocenters. The van der Waals surface area contributed by atoms with Gasteiger partial charge in [0.05, 0.1) is 24.2 Å². The van der Waals surface area contributed by atoms with Gasteiger partial charge in [0.1, 0.15) is 0 Å². The van der Waals surface area contributed by atoms with E-state index < -0.39 is 9.84 Å². The molecule has 0 bridgehead atoms. The Hall–Kier alpha value is -0.130. The molecule has 3 unspecified atom stereocenters.